The molecule has 0 aromatic rings. The molecule has 0 saturated carbocycles. The van der Waals surface area contributed by atoms with E-state index < -0.39 is 10.0 Å². The number of nitrogens with zero attached hydrogens (tertiary/aromatic N) is 1. The molecule has 0 atom stereocenters. The van der Waals surface area contributed by atoms with Crippen LogP contribution in [0.25, 0.3) is 0 Å². The summed E-state index contributed by atoms with van der Waals surface area (Å²) in [4.78, 5) is 23.2. The highest BCUT2D eigenvalue weighted by Crippen LogP contribution is 2.05. The lowest BCUT2D eigenvalue weighted by Crippen LogP contribution is -2.31. The van der Waals surface area contributed by atoms with E-state index in [1.165, 1.54) is 12.2 Å². The first kappa shape index (κ1) is 11.9. The number of nitrogens with two attached hydrogens (primary N) is 1. The SMILES string of the molecule is NS(=O)(=O)CCCCN1C(=O)C=CC1=O. The van der Waals surface area contributed by atoms with Gasteiger partial charge in [0.2, 0.25) is 10.0 Å². The maximum absolute atomic E-state index is 11.1. The van der Waals surface area contributed by atoms with E-state index in [-0.39, 0.29) is 24.1 Å². The van der Waals surface area contributed by atoms with Gasteiger partial charge in [0.15, 0.2) is 0 Å². The molecule has 0 unspecified atom stereocenters. The molecule has 1 aliphatic rings. The molecule has 0 radical (unpaired) electrons. The van der Waals surface area contributed by atoms with E-state index in [2.05, 4.69) is 0 Å². The highest BCUT2D eigenvalue weighted by Gasteiger charge is 2.22. The number of unbranched alkanes of at least 4 members (excludes halogenated alkanes) is 1. The fourth-order valence-electron chi connectivity index (χ4n) is 1.22. The summed E-state index contributed by atoms with van der Waals surface area (Å²) in [5.74, 6) is -0.831. The molecule has 0 aliphatic carbocycles. The lowest BCUT2D eigenvalue weighted by Gasteiger charge is -2.12. The van der Waals surface area contributed by atoms with Crippen molar-refractivity contribution in [3.8, 4) is 0 Å². The Morgan fingerprint density at radius 3 is 2.13 bits per heavy atom. The number of sulfonamides is 1. The summed E-state index contributed by atoms with van der Waals surface area (Å²) < 4.78 is 21.1. The van der Waals surface area contributed by atoms with Gasteiger partial charge in [-0.25, -0.2) is 13.6 Å². The fourth-order valence-corrected chi connectivity index (χ4v) is 1.83. The third-order valence-corrected chi connectivity index (χ3v) is 2.82. The van der Waals surface area contributed by atoms with Gasteiger partial charge in [0, 0.05) is 18.7 Å². The Balaban J connectivity index is 2.27. The van der Waals surface area contributed by atoms with Crippen LogP contribution in [0.4, 0.5) is 0 Å². The summed E-state index contributed by atoms with van der Waals surface area (Å²) in [6, 6.07) is 0. The van der Waals surface area contributed by atoms with E-state index in [1.807, 2.05) is 0 Å². The molecule has 7 heteroatoms. The van der Waals surface area contributed by atoms with Gasteiger partial charge in [-0.2, -0.15) is 0 Å². The van der Waals surface area contributed by atoms with Gasteiger partial charge in [0.05, 0.1) is 5.75 Å². The van der Waals surface area contributed by atoms with Crippen molar-refractivity contribution in [1.82, 2.24) is 4.90 Å². The molecule has 6 nitrogen and oxygen atoms in total. The van der Waals surface area contributed by atoms with E-state index in [0.29, 0.717) is 12.8 Å². The van der Waals surface area contributed by atoms with Crippen LogP contribution in [0.1, 0.15) is 12.8 Å². The lowest BCUT2D eigenvalue weighted by molar-refractivity contribution is -0.136. The molecule has 0 aromatic heterocycles. The standard InChI is InChI=1S/C8H12N2O4S/c9-15(13,14)6-2-1-5-10-7(11)3-4-8(10)12/h3-4H,1-2,5-6H2,(H2,9,13,14). The number of carbonyl (C=O) groups is 2. The van der Waals surface area contributed by atoms with Gasteiger partial charge in [-0.3, -0.25) is 14.5 Å². The summed E-state index contributed by atoms with van der Waals surface area (Å²) in [5.41, 5.74) is 0. The molecule has 1 aliphatic heterocycles. The molecule has 15 heavy (non-hydrogen) atoms. The normalized spacial score (nSPS) is 16.5. The summed E-state index contributed by atoms with van der Waals surface area (Å²) in [6.45, 7) is 0.236. The fraction of sp³-hybridized carbons (Fsp3) is 0.500. The van der Waals surface area contributed by atoms with E-state index in [4.69, 9.17) is 5.14 Å². The zero-order chi connectivity index (χ0) is 11.5. The minimum Gasteiger partial charge on any atom is -0.275 e. The Morgan fingerprint density at radius 2 is 1.67 bits per heavy atom. The number of hydrogen-bond donors (Lipinski definition) is 1. The van der Waals surface area contributed by atoms with Gasteiger partial charge in [0.1, 0.15) is 0 Å². The minimum atomic E-state index is -3.45. The summed E-state index contributed by atoms with van der Waals surface area (Å²) in [7, 11) is -3.45. The van der Waals surface area contributed by atoms with Crippen molar-refractivity contribution >= 4 is 21.8 Å². The molecule has 1 rings (SSSR count). The monoisotopic (exact) mass is 232 g/mol. The van der Waals surface area contributed by atoms with Crippen LogP contribution in [0, 0.1) is 0 Å². The first-order chi connectivity index (χ1) is 6.90. The van der Waals surface area contributed by atoms with Gasteiger partial charge in [0.25, 0.3) is 11.8 Å². The molecule has 2 N–H and O–H groups in total. The largest absolute Gasteiger partial charge is 0.275 e. The number of hydrogen-bond acceptors (Lipinski definition) is 4. The Kier molecular flexibility index (Phi) is 3.59. The second kappa shape index (κ2) is 4.54. The smallest absolute Gasteiger partial charge is 0.253 e. The quantitative estimate of drug-likeness (QED) is 0.484. The first-order valence-electron chi connectivity index (χ1n) is 4.44. The van der Waals surface area contributed by atoms with Gasteiger partial charge in [-0.05, 0) is 12.8 Å². The van der Waals surface area contributed by atoms with Crippen LogP contribution in [0.3, 0.4) is 0 Å². The minimum absolute atomic E-state index is 0.128. The Bertz CT molecular complexity index is 381. The predicted molar refractivity (Wildman–Crippen MR) is 53.1 cm³/mol. The van der Waals surface area contributed by atoms with Crippen LogP contribution in [0.15, 0.2) is 12.2 Å². The van der Waals surface area contributed by atoms with Crippen LogP contribution in [0.5, 0.6) is 0 Å². The van der Waals surface area contributed by atoms with Gasteiger partial charge < -0.3 is 0 Å². The average Bonchev–Trinajstić information content (AvgIpc) is 2.40. The van der Waals surface area contributed by atoms with Crippen LogP contribution < -0.4 is 5.14 Å². The highest BCUT2D eigenvalue weighted by molar-refractivity contribution is 7.89. The number of imide groups is 1. The third kappa shape index (κ3) is 3.80. The molecule has 0 saturated heterocycles. The first-order valence-corrected chi connectivity index (χ1v) is 6.16. The van der Waals surface area contributed by atoms with E-state index in [0.717, 1.165) is 4.90 Å². The van der Waals surface area contributed by atoms with Crippen molar-refractivity contribution in [1.29, 1.82) is 0 Å². The van der Waals surface area contributed by atoms with Gasteiger partial charge >= 0.3 is 0 Å². The molecule has 2 amide bonds. The van der Waals surface area contributed by atoms with E-state index >= 15 is 0 Å². The van der Waals surface area contributed by atoms with Gasteiger partial charge in [-0.15, -0.1) is 0 Å². The maximum atomic E-state index is 11.1. The van der Waals surface area contributed by atoms with Crippen LogP contribution in [-0.4, -0.2) is 37.4 Å². The number of primary sulfonamides is 1. The Morgan fingerprint density at radius 1 is 1.13 bits per heavy atom. The second-order valence-electron chi connectivity index (χ2n) is 3.24. The van der Waals surface area contributed by atoms with E-state index in [1.54, 1.807) is 0 Å². The molecule has 0 fully saturated rings. The zero-order valence-corrected chi connectivity index (χ0v) is 8.87. The molecule has 1 heterocycles. The van der Waals surface area contributed by atoms with Crippen molar-refractivity contribution in [3.05, 3.63) is 12.2 Å². The summed E-state index contributed by atoms with van der Waals surface area (Å²) in [5, 5.41) is 4.80. The van der Waals surface area contributed by atoms with Crippen molar-refractivity contribution in [2.45, 2.75) is 12.8 Å². The molecule has 0 aromatic carbocycles. The Labute approximate surface area is 87.8 Å². The predicted octanol–water partition coefficient (Wildman–Crippen LogP) is -1.02. The topological polar surface area (TPSA) is 97.5 Å². The molecular formula is C8H12N2O4S. The van der Waals surface area contributed by atoms with Crippen LogP contribution in [-0.2, 0) is 19.6 Å². The number of rotatable bonds is 5. The molecule has 84 valence electrons. The van der Waals surface area contributed by atoms with E-state index in [9.17, 15) is 18.0 Å². The van der Waals surface area contributed by atoms with Crippen molar-refractivity contribution < 1.29 is 18.0 Å². The second-order valence-corrected chi connectivity index (χ2v) is 4.97. The maximum Gasteiger partial charge on any atom is 0.253 e. The average molecular weight is 232 g/mol. The number of amides is 2. The van der Waals surface area contributed by atoms with Crippen LogP contribution in [0.2, 0.25) is 0 Å². The number of carbonyl (C=O) groups excluding carboxylic acids is 2. The van der Waals surface area contributed by atoms with Crippen LogP contribution >= 0.6 is 0 Å². The molecule has 0 bridgehead atoms. The highest BCUT2D eigenvalue weighted by atomic mass is 32.2. The third-order valence-electron chi connectivity index (χ3n) is 1.96. The van der Waals surface area contributed by atoms with Crippen molar-refractivity contribution in [3.63, 3.8) is 0 Å². The summed E-state index contributed by atoms with van der Waals surface area (Å²) in [6.07, 6.45) is 3.18. The zero-order valence-electron chi connectivity index (χ0n) is 8.05. The summed E-state index contributed by atoms with van der Waals surface area (Å²) >= 11 is 0. The van der Waals surface area contributed by atoms with Gasteiger partial charge in [-0.1, -0.05) is 0 Å². The van der Waals surface area contributed by atoms with Crippen molar-refractivity contribution in [2.24, 2.45) is 5.14 Å². The molecule has 0 spiro atoms. The van der Waals surface area contributed by atoms with Crippen molar-refractivity contribution in [2.75, 3.05) is 12.3 Å². The molecular weight excluding hydrogens is 220 g/mol. The Hall–Kier alpha value is -1.21. The lowest BCUT2D eigenvalue weighted by atomic mass is 10.3.